The van der Waals surface area contributed by atoms with Crippen molar-refractivity contribution in [2.24, 2.45) is 0 Å². The molecule has 1 aliphatic rings. The molecule has 2 aromatic carbocycles. The number of rotatable bonds is 9. The number of sulfone groups is 1. The van der Waals surface area contributed by atoms with E-state index in [2.05, 4.69) is 0 Å². The lowest BCUT2D eigenvalue weighted by Gasteiger charge is -2.29. The van der Waals surface area contributed by atoms with E-state index in [0.29, 0.717) is 40.3 Å². The number of aliphatic hydroxyl groups is 1. The Hall–Kier alpha value is -2.03. The Balaban J connectivity index is 1.45. The van der Waals surface area contributed by atoms with E-state index in [1.165, 1.54) is 0 Å². The molecule has 1 saturated heterocycles. The van der Waals surface area contributed by atoms with Crippen LogP contribution in [-0.4, -0.2) is 55.2 Å². The minimum Gasteiger partial charge on any atom is -0.489 e. The summed E-state index contributed by atoms with van der Waals surface area (Å²) in [4.78, 5) is 1.95. The maximum atomic E-state index is 12.1. The highest BCUT2D eigenvalue weighted by atomic mass is 35.5. The summed E-state index contributed by atoms with van der Waals surface area (Å²) in [6, 6.07) is 17.9. The zero-order chi connectivity index (χ0) is 23.4. The van der Waals surface area contributed by atoms with Crippen molar-refractivity contribution in [1.82, 2.24) is 4.90 Å². The first-order chi connectivity index (χ1) is 15.8. The smallest absolute Gasteiger partial charge is 0.151 e. The number of hydrogen-bond donors (Lipinski definition) is 1. The van der Waals surface area contributed by atoms with Crippen molar-refractivity contribution in [3.8, 4) is 17.1 Å². The van der Waals surface area contributed by atoms with E-state index < -0.39 is 15.9 Å². The van der Waals surface area contributed by atoms with Crippen molar-refractivity contribution in [2.75, 3.05) is 24.7 Å². The molecular weight excluding hydrogens is 485 g/mol. The molecule has 2 atom stereocenters. The summed E-state index contributed by atoms with van der Waals surface area (Å²) in [5.74, 6) is 2.05. The predicted molar refractivity (Wildman–Crippen MR) is 130 cm³/mol. The first-order valence-corrected chi connectivity index (χ1v) is 13.2. The molecule has 33 heavy (non-hydrogen) atoms. The number of halogens is 2. The highest BCUT2D eigenvalue weighted by molar-refractivity contribution is 7.91. The maximum absolute atomic E-state index is 12.1. The summed E-state index contributed by atoms with van der Waals surface area (Å²) in [5.41, 5.74) is 0.858. The number of para-hydroxylation sites is 1. The van der Waals surface area contributed by atoms with Crippen LogP contribution in [0.2, 0.25) is 10.0 Å². The largest absolute Gasteiger partial charge is 0.489 e. The van der Waals surface area contributed by atoms with E-state index in [9.17, 15) is 13.5 Å². The molecule has 1 fully saturated rings. The van der Waals surface area contributed by atoms with Gasteiger partial charge in [0.1, 0.15) is 30.0 Å². The van der Waals surface area contributed by atoms with Crippen molar-refractivity contribution in [1.29, 1.82) is 0 Å². The molecule has 0 saturated carbocycles. The normalized spacial score (nSPS) is 18.5. The Bertz CT molecular complexity index is 1200. The van der Waals surface area contributed by atoms with Crippen LogP contribution in [0.15, 0.2) is 65.1 Å². The fraction of sp³-hybridized carbons (Fsp3) is 0.333. The predicted octanol–water partition coefficient (Wildman–Crippen LogP) is 4.68. The van der Waals surface area contributed by atoms with Gasteiger partial charge in [0, 0.05) is 23.2 Å². The van der Waals surface area contributed by atoms with Gasteiger partial charge in [-0.15, -0.1) is 0 Å². The van der Waals surface area contributed by atoms with Crippen LogP contribution in [0, 0.1) is 0 Å². The summed E-state index contributed by atoms with van der Waals surface area (Å²) < 4.78 is 35.9. The third kappa shape index (κ3) is 6.52. The summed E-state index contributed by atoms with van der Waals surface area (Å²) in [5, 5.41) is 11.7. The van der Waals surface area contributed by atoms with Crippen LogP contribution < -0.4 is 4.74 Å². The molecule has 3 aromatic rings. The molecule has 0 bridgehead atoms. The van der Waals surface area contributed by atoms with Crippen LogP contribution in [0.1, 0.15) is 12.2 Å². The van der Waals surface area contributed by atoms with E-state index >= 15 is 0 Å². The lowest BCUT2D eigenvalue weighted by atomic mass is 10.2. The summed E-state index contributed by atoms with van der Waals surface area (Å²) in [6.45, 7) is 0.632. The van der Waals surface area contributed by atoms with Gasteiger partial charge in [-0.05, 0) is 42.8 Å². The molecule has 176 valence electrons. The van der Waals surface area contributed by atoms with Crippen LogP contribution in [0.3, 0.4) is 0 Å². The fourth-order valence-corrected chi connectivity index (χ4v) is 6.08. The van der Waals surface area contributed by atoms with Crippen molar-refractivity contribution in [2.45, 2.75) is 25.1 Å². The lowest BCUT2D eigenvalue weighted by Crippen LogP contribution is -2.42. The van der Waals surface area contributed by atoms with E-state index in [4.69, 9.17) is 32.4 Å². The first kappa shape index (κ1) is 24.1. The third-order valence-electron chi connectivity index (χ3n) is 5.57. The van der Waals surface area contributed by atoms with Crippen molar-refractivity contribution in [3.05, 3.63) is 76.5 Å². The molecule has 0 radical (unpaired) electrons. The van der Waals surface area contributed by atoms with Gasteiger partial charge in [-0.1, -0.05) is 47.5 Å². The number of nitrogens with zero attached hydrogens (tertiary/aromatic N) is 1. The number of benzene rings is 2. The van der Waals surface area contributed by atoms with Gasteiger partial charge in [0.05, 0.1) is 23.1 Å². The molecule has 6 nitrogen and oxygen atoms in total. The Morgan fingerprint density at radius 1 is 1.12 bits per heavy atom. The number of hydrogen-bond acceptors (Lipinski definition) is 6. The highest BCUT2D eigenvalue weighted by Crippen LogP contribution is 2.27. The molecule has 2 unspecified atom stereocenters. The minimum absolute atomic E-state index is 0.0334. The Morgan fingerprint density at radius 3 is 2.67 bits per heavy atom. The van der Waals surface area contributed by atoms with E-state index in [1.54, 1.807) is 30.3 Å². The van der Waals surface area contributed by atoms with Gasteiger partial charge in [0.2, 0.25) is 0 Å². The highest BCUT2D eigenvalue weighted by Gasteiger charge is 2.33. The molecule has 0 aliphatic carbocycles. The molecule has 4 rings (SSSR count). The number of aliphatic hydroxyl groups excluding tert-OH is 1. The molecule has 1 aromatic heterocycles. The fourth-order valence-electron chi connectivity index (χ4n) is 3.94. The Labute approximate surface area is 203 Å². The summed E-state index contributed by atoms with van der Waals surface area (Å²) in [7, 11) is -3.09. The summed E-state index contributed by atoms with van der Waals surface area (Å²) >= 11 is 12.2. The molecule has 1 aliphatic heterocycles. The van der Waals surface area contributed by atoms with Gasteiger partial charge < -0.3 is 14.3 Å². The topological polar surface area (TPSA) is 80.0 Å². The zero-order valence-electron chi connectivity index (χ0n) is 17.9. The maximum Gasteiger partial charge on any atom is 0.151 e. The lowest BCUT2D eigenvalue weighted by molar-refractivity contribution is 0.0498. The molecule has 1 N–H and O–H groups in total. The minimum atomic E-state index is -3.09. The zero-order valence-corrected chi connectivity index (χ0v) is 20.2. The van der Waals surface area contributed by atoms with Gasteiger partial charge >= 0.3 is 0 Å². The van der Waals surface area contributed by atoms with Gasteiger partial charge in [0.15, 0.2) is 9.84 Å². The van der Waals surface area contributed by atoms with Gasteiger partial charge in [-0.2, -0.15) is 0 Å². The average Bonchev–Trinajstić information content (AvgIpc) is 3.39. The standard InChI is InChI=1S/C24H25Cl2NO5S/c25-18-5-3-4-17(12-18)23-9-8-21(32-23)14-27(19-10-11-33(29,30)16-19)13-20(28)15-31-24-7-2-1-6-22(24)26/h1-9,12,19-20,28H,10-11,13-16H2. The SMILES string of the molecule is O=S1(=O)CCC(N(Cc2ccc(-c3cccc(Cl)c3)o2)CC(O)COc2ccccc2Cl)C1. The molecule has 0 amide bonds. The summed E-state index contributed by atoms with van der Waals surface area (Å²) in [6.07, 6.45) is -0.325. The van der Waals surface area contributed by atoms with Crippen molar-refractivity contribution >= 4 is 33.0 Å². The van der Waals surface area contributed by atoms with Gasteiger partial charge in [-0.25, -0.2) is 8.42 Å². The van der Waals surface area contributed by atoms with Crippen LogP contribution in [0.4, 0.5) is 0 Å². The first-order valence-electron chi connectivity index (χ1n) is 10.6. The third-order valence-corrected chi connectivity index (χ3v) is 7.87. The second-order valence-corrected chi connectivity index (χ2v) is 11.2. The average molecular weight is 510 g/mol. The van der Waals surface area contributed by atoms with Gasteiger partial charge in [-0.3, -0.25) is 4.90 Å². The van der Waals surface area contributed by atoms with E-state index in [0.717, 1.165) is 5.56 Å². The van der Waals surface area contributed by atoms with E-state index in [-0.39, 0.29) is 30.7 Å². The second-order valence-electron chi connectivity index (χ2n) is 8.16. The second kappa shape index (κ2) is 10.5. The monoisotopic (exact) mass is 509 g/mol. The number of ether oxygens (including phenoxy) is 1. The van der Waals surface area contributed by atoms with Crippen LogP contribution in [0.25, 0.3) is 11.3 Å². The van der Waals surface area contributed by atoms with Crippen LogP contribution >= 0.6 is 23.2 Å². The van der Waals surface area contributed by atoms with Crippen LogP contribution in [0.5, 0.6) is 5.75 Å². The molecule has 0 spiro atoms. The van der Waals surface area contributed by atoms with Gasteiger partial charge in [0.25, 0.3) is 0 Å². The molecule has 2 heterocycles. The quantitative estimate of drug-likeness (QED) is 0.450. The molecular formula is C24H25Cl2NO5S. The van der Waals surface area contributed by atoms with Crippen LogP contribution in [-0.2, 0) is 16.4 Å². The number of furan rings is 1. The Morgan fingerprint density at radius 2 is 1.94 bits per heavy atom. The van der Waals surface area contributed by atoms with E-state index in [1.807, 2.05) is 35.2 Å². The van der Waals surface area contributed by atoms with Crippen molar-refractivity contribution < 1.29 is 22.7 Å². The molecule has 9 heteroatoms. The van der Waals surface area contributed by atoms with Crippen molar-refractivity contribution in [3.63, 3.8) is 0 Å². The Kier molecular flexibility index (Phi) is 7.66.